The molecule has 2 fully saturated rings. The van der Waals surface area contributed by atoms with Gasteiger partial charge in [0, 0.05) is 23.9 Å². The van der Waals surface area contributed by atoms with Crippen LogP contribution in [-0.2, 0) is 16.6 Å². The molecule has 0 heterocycles. The molecule has 0 unspecified atom stereocenters. The van der Waals surface area contributed by atoms with Crippen molar-refractivity contribution in [3.05, 3.63) is 29.8 Å². The fraction of sp³-hybridized carbons (Fsp3) is 0.600. The zero-order valence-corrected chi connectivity index (χ0v) is 13.9. The summed E-state index contributed by atoms with van der Waals surface area (Å²) >= 11 is 1.76. The first-order valence-corrected chi connectivity index (χ1v) is 10.1. The standard InChI is InChI=1S/C15H22N2O2S2/c1-20-15(8-9-15)11-17-21(18,19)14-5-3-2-4-12(14)10-16-13-6-7-13/h2-5,13,16-17H,6-11H2,1H3. The SMILES string of the molecule is CSC1(CNS(=O)(=O)c2ccccc2CNC2CC2)CC1. The summed E-state index contributed by atoms with van der Waals surface area (Å²) in [6.07, 6.45) is 6.64. The van der Waals surface area contributed by atoms with Crippen LogP contribution in [0.1, 0.15) is 31.2 Å². The maximum Gasteiger partial charge on any atom is 0.240 e. The van der Waals surface area contributed by atoms with Crippen LogP contribution in [0.5, 0.6) is 0 Å². The number of thioether (sulfide) groups is 1. The Bertz CT molecular complexity index is 608. The van der Waals surface area contributed by atoms with Crippen molar-refractivity contribution < 1.29 is 8.42 Å². The highest BCUT2D eigenvalue weighted by atomic mass is 32.2. The van der Waals surface area contributed by atoms with Crippen LogP contribution in [0.4, 0.5) is 0 Å². The fourth-order valence-electron chi connectivity index (χ4n) is 2.35. The molecular weight excluding hydrogens is 304 g/mol. The third-order valence-electron chi connectivity index (χ3n) is 4.25. The van der Waals surface area contributed by atoms with Crippen LogP contribution in [0.3, 0.4) is 0 Å². The molecule has 21 heavy (non-hydrogen) atoms. The van der Waals surface area contributed by atoms with Gasteiger partial charge in [0.25, 0.3) is 0 Å². The van der Waals surface area contributed by atoms with Crippen LogP contribution >= 0.6 is 11.8 Å². The summed E-state index contributed by atoms with van der Waals surface area (Å²) in [6.45, 7) is 1.15. The van der Waals surface area contributed by atoms with Gasteiger partial charge in [0.2, 0.25) is 10.0 Å². The van der Waals surface area contributed by atoms with Crippen molar-refractivity contribution in [3.63, 3.8) is 0 Å². The first-order chi connectivity index (χ1) is 10.0. The van der Waals surface area contributed by atoms with Gasteiger partial charge in [-0.25, -0.2) is 13.1 Å². The third kappa shape index (κ3) is 3.80. The molecule has 0 saturated heterocycles. The van der Waals surface area contributed by atoms with Crippen molar-refractivity contribution in [2.75, 3.05) is 12.8 Å². The van der Waals surface area contributed by atoms with Gasteiger partial charge in [0.1, 0.15) is 0 Å². The number of benzene rings is 1. The van der Waals surface area contributed by atoms with E-state index in [0.29, 0.717) is 24.0 Å². The Morgan fingerprint density at radius 1 is 1.29 bits per heavy atom. The molecule has 116 valence electrons. The average molecular weight is 326 g/mol. The van der Waals surface area contributed by atoms with Crippen molar-refractivity contribution in [1.29, 1.82) is 0 Å². The van der Waals surface area contributed by atoms with E-state index in [1.165, 1.54) is 12.8 Å². The molecular formula is C15H22N2O2S2. The minimum Gasteiger partial charge on any atom is -0.310 e. The summed E-state index contributed by atoms with van der Waals surface area (Å²) in [5.41, 5.74) is 0.853. The molecule has 4 nitrogen and oxygen atoms in total. The highest BCUT2D eigenvalue weighted by Gasteiger charge is 2.42. The van der Waals surface area contributed by atoms with Gasteiger partial charge in [-0.1, -0.05) is 18.2 Å². The van der Waals surface area contributed by atoms with Crippen LogP contribution in [-0.4, -0.2) is 32.0 Å². The maximum atomic E-state index is 12.6. The molecule has 0 spiro atoms. The van der Waals surface area contributed by atoms with E-state index in [-0.39, 0.29) is 4.75 Å². The predicted molar refractivity (Wildman–Crippen MR) is 87.0 cm³/mol. The fourth-order valence-corrected chi connectivity index (χ4v) is 4.53. The van der Waals surface area contributed by atoms with Crippen molar-refractivity contribution in [2.24, 2.45) is 0 Å². The smallest absolute Gasteiger partial charge is 0.240 e. The molecule has 1 aromatic carbocycles. The van der Waals surface area contributed by atoms with E-state index in [1.54, 1.807) is 23.9 Å². The molecule has 0 amide bonds. The van der Waals surface area contributed by atoms with Gasteiger partial charge in [-0.15, -0.1) is 0 Å². The van der Waals surface area contributed by atoms with E-state index < -0.39 is 10.0 Å². The van der Waals surface area contributed by atoms with E-state index in [4.69, 9.17) is 0 Å². The van der Waals surface area contributed by atoms with Crippen molar-refractivity contribution >= 4 is 21.8 Å². The Labute approximate surface area is 131 Å². The summed E-state index contributed by atoms with van der Waals surface area (Å²) in [7, 11) is -3.43. The summed E-state index contributed by atoms with van der Waals surface area (Å²) in [5.74, 6) is 0. The summed E-state index contributed by atoms with van der Waals surface area (Å²) in [5, 5.41) is 3.38. The lowest BCUT2D eigenvalue weighted by Gasteiger charge is -2.15. The van der Waals surface area contributed by atoms with E-state index in [2.05, 4.69) is 16.3 Å². The summed E-state index contributed by atoms with van der Waals surface area (Å²) in [6, 6.07) is 7.85. The number of sulfonamides is 1. The molecule has 1 aromatic rings. The molecule has 2 saturated carbocycles. The number of nitrogens with one attached hydrogen (secondary N) is 2. The van der Waals surface area contributed by atoms with E-state index >= 15 is 0 Å². The lowest BCUT2D eigenvalue weighted by Crippen LogP contribution is -2.32. The Kier molecular flexibility index (Phi) is 4.32. The zero-order chi connectivity index (χ0) is 14.9. The van der Waals surface area contributed by atoms with Gasteiger partial charge < -0.3 is 5.32 Å². The molecule has 2 aliphatic rings. The molecule has 0 aromatic heterocycles. The first-order valence-electron chi connectivity index (χ1n) is 7.41. The van der Waals surface area contributed by atoms with E-state index in [9.17, 15) is 8.42 Å². The second-order valence-corrected chi connectivity index (χ2v) is 8.98. The van der Waals surface area contributed by atoms with Crippen molar-refractivity contribution in [3.8, 4) is 0 Å². The largest absolute Gasteiger partial charge is 0.310 e. The van der Waals surface area contributed by atoms with Gasteiger partial charge >= 0.3 is 0 Å². The van der Waals surface area contributed by atoms with Crippen molar-refractivity contribution in [2.45, 2.75) is 47.9 Å². The lowest BCUT2D eigenvalue weighted by molar-refractivity contribution is 0.576. The van der Waals surface area contributed by atoms with Gasteiger partial charge in [-0.05, 0) is 43.6 Å². The lowest BCUT2D eigenvalue weighted by atomic mass is 10.2. The second-order valence-electron chi connectivity index (χ2n) is 5.97. The van der Waals surface area contributed by atoms with Crippen LogP contribution in [0.2, 0.25) is 0 Å². The molecule has 0 radical (unpaired) electrons. The Morgan fingerprint density at radius 2 is 2.00 bits per heavy atom. The van der Waals surface area contributed by atoms with Crippen molar-refractivity contribution in [1.82, 2.24) is 10.0 Å². The van der Waals surface area contributed by atoms with Gasteiger partial charge in [-0.3, -0.25) is 0 Å². The quantitative estimate of drug-likeness (QED) is 0.768. The third-order valence-corrected chi connectivity index (χ3v) is 7.17. The molecule has 3 rings (SSSR count). The highest BCUT2D eigenvalue weighted by Crippen LogP contribution is 2.46. The number of hydrogen-bond donors (Lipinski definition) is 2. The molecule has 0 aliphatic heterocycles. The van der Waals surface area contributed by atoms with E-state index in [1.807, 2.05) is 12.1 Å². The van der Waals surface area contributed by atoms with Gasteiger partial charge in [0.15, 0.2) is 0 Å². The monoisotopic (exact) mass is 326 g/mol. The number of rotatable bonds is 8. The zero-order valence-electron chi connectivity index (χ0n) is 12.3. The topological polar surface area (TPSA) is 58.2 Å². The van der Waals surface area contributed by atoms with E-state index in [0.717, 1.165) is 18.4 Å². The maximum absolute atomic E-state index is 12.6. The van der Waals surface area contributed by atoms with Gasteiger partial charge in [-0.2, -0.15) is 11.8 Å². The van der Waals surface area contributed by atoms with Gasteiger partial charge in [0.05, 0.1) is 4.90 Å². The van der Waals surface area contributed by atoms with Crippen LogP contribution in [0.15, 0.2) is 29.2 Å². The highest BCUT2D eigenvalue weighted by molar-refractivity contribution is 8.00. The predicted octanol–water partition coefficient (Wildman–Crippen LogP) is 2.11. The molecule has 2 aliphatic carbocycles. The Hall–Kier alpha value is -0.560. The van der Waals surface area contributed by atoms with Crippen LogP contribution in [0.25, 0.3) is 0 Å². The molecule has 0 bridgehead atoms. The van der Waals surface area contributed by atoms with Crippen LogP contribution in [0, 0.1) is 0 Å². The minimum atomic E-state index is -3.43. The minimum absolute atomic E-state index is 0.133. The summed E-state index contributed by atoms with van der Waals surface area (Å²) < 4.78 is 28.0. The molecule has 2 N–H and O–H groups in total. The normalized spacial score (nSPS) is 20.4. The number of hydrogen-bond acceptors (Lipinski definition) is 4. The molecule has 6 heteroatoms. The summed E-state index contributed by atoms with van der Waals surface area (Å²) in [4.78, 5) is 0.412. The molecule has 0 atom stereocenters. The van der Waals surface area contributed by atoms with Crippen LogP contribution < -0.4 is 10.0 Å². The Morgan fingerprint density at radius 3 is 2.62 bits per heavy atom. The second kappa shape index (κ2) is 5.91. The Balaban J connectivity index is 1.71. The average Bonchev–Trinajstić information content (AvgIpc) is 3.39. The first kappa shape index (κ1) is 15.3.